The van der Waals surface area contributed by atoms with Crippen LogP contribution < -0.4 is 11.1 Å². The summed E-state index contributed by atoms with van der Waals surface area (Å²) < 4.78 is 1.54. The van der Waals surface area contributed by atoms with Gasteiger partial charge in [0.05, 0.1) is 17.9 Å². The van der Waals surface area contributed by atoms with Gasteiger partial charge in [0.2, 0.25) is 5.91 Å². The quantitative estimate of drug-likeness (QED) is 0.846. The van der Waals surface area contributed by atoms with E-state index in [1.165, 1.54) is 11.0 Å². The Morgan fingerprint density at radius 1 is 1.50 bits per heavy atom. The van der Waals surface area contributed by atoms with Crippen molar-refractivity contribution >= 4 is 11.6 Å². The predicted molar refractivity (Wildman–Crippen MR) is 75.2 cm³/mol. The number of carbonyl (C=O) groups excluding carboxylic acids is 1. The van der Waals surface area contributed by atoms with Crippen LogP contribution in [-0.4, -0.2) is 31.7 Å². The third-order valence-electron chi connectivity index (χ3n) is 3.23. The van der Waals surface area contributed by atoms with Crippen LogP contribution in [-0.2, 0) is 4.79 Å². The van der Waals surface area contributed by atoms with Crippen molar-refractivity contribution in [3.63, 3.8) is 0 Å². The maximum Gasteiger partial charge on any atom is 0.241 e. The fourth-order valence-corrected chi connectivity index (χ4v) is 1.66. The largest absolute Gasteiger partial charge is 0.323 e. The van der Waals surface area contributed by atoms with Gasteiger partial charge in [0.15, 0.2) is 5.82 Å². The Bertz CT molecular complexity index is 551. The molecular formula is C13H18N6O. The van der Waals surface area contributed by atoms with Gasteiger partial charge in [0.1, 0.15) is 12.7 Å². The average molecular weight is 274 g/mol. The van der Waals surface area contributed by atoms with Crippen LogP contribution in [0.15, 0.2) is 31.0 Å². The highest BCUT2D eigenvalue weighted by atomic mass is 16.2. The maximum absolute atomic E-state index is 11.9. The molecular weight excluding hydrogens is 256 g/mol. The van der Waals surface area contributed by atoms with Gasteiger partial charge >= 0.3 is 0 Å². The molecule has 2 unspecified atom stereocenters. The highest BCUT2D eigenvalue weighted by Crippen LogP contribution is 2.11. The molecule has 2 heterocycles. The van der Waals surface area contributed by atoms with Crippen LogP contribution in [0.5, 0.6) is 0 Å². The van der Waals surface area contributed by atoms with Crippen molar-refractivity contribution in [1.82, 2.24) is 19.7 Å². The van der Waals surface area contributed by atoms with E-state index in [-0.39, 0.29) is 11.8 Å². The van der Waals surface area contributed by atoms with Crippen molar-refractivity contribution in [3.05, 3.63) is 31.0 Å². The molecule has 20 heavy (non-hydrogen) atoms. The molecule has 0 radical (unpaired) electrons. The predicted octanol–water partition coefficient (Wildman–Crippen LogP) is 0.974. The van der Waals surface area contributed by atoms with Gasteiger partial charge in [-0.2, -0.15) is 5.10 Å². The van der Waals surface area contributed by atoms with Gasteiger partial charge < -0.3 is 11.1 Å². The van der Waals surface area contributed by atoms with E-state index in [2.05, 4.69) is 20.4 Å². The summed E-state index contributed by atoms with van der Waals surface area (Å²) in [7, 11) is 0. The van der Waals surface area contributed by atoms with E-state index < -0.39 is 6.04 Å². The number of amides is 1. The normalized spacial score (nSPS) is 13.8. The van der Waals surface area contributed by atoms with Crippen LogP contribution >= 0.6 is 0 Å². The molecule has 0 aliphatic heterocycles. The number of carbonyl (C=O) groups is 1. The van der Waals surface area contributed by atoms with Crippen molar-refractivity contribution in [2.24, 2.45) is 11.7 Å². The summed E-state index contributed by atoms with van der Waals surface area (Å²) >= 11 is 0. The van der Waals surface area contributed by atoms with E-state index in [4.69, 9.17) is 5.73 Å². The second-order valence-corrected chi connectivity index (χ2v) is 4.65. The summed E-state index contributed by atoms with van der Waals surface area (Å²) in [6.07, 6.45) is 5.41. The molecule has 2 aromatic heterocycles. The van der Waals surface area contributed by atoms with E-state index in [0.29, 0.717) is 11.5 Å². The van der Waals surface area contributed by atoms with E-state index in [1.807, 2.05) is 13.8 Å². The Morgan fingerprint density at radius 2 is 2.30 bits per heavy atom. The molecule has 1 amide bonds. The lowest BCUT2D eigenvalue weighted by atomic mass is 9.99. The minimum atomic E-state index is -0.519. The van der Waals surface area contributed by atoms with Crippen LogP contribution in [0.25, 0.3) is 5.82 Å². The lowest BCUT2D eigenvalue weighted by Gasteiger charge is -2.17. The summed E-state index contributed by atoms with van der Waals surface area (Å²) in [5.41, 5.74) is 6.48. The van der Waals surface area contributed by atoms with Crippen molar-refractivity contribution in [2.75, 3.05) is 5.32 Å². The Kier molecular flexibility index (Phi) is 4.41. The Hall–Kier alpha value is -2.28. The lowest BCUT2D eigenvalue weighted by Crippen LogP contribution is -2.40. The van der Waals surface area contributed by atoms with Gasteiger partial charge in [-0.3, -0.25) is 4.79 Å². The standard InChI is InChI=1S/C13H18N6O/c1-3-9(2)12(14)13(20)18-10-4-5-11(16-6-10)19-8-15-7-17-19/h4-9,12H,3,14H2,1-2H3,(H,18,20). The van der Waals surface area contributed by atoms with Gasteiger partial charge in [0, 0.05) is 0 Å². The third kappa shape index (κ3) is 3.18. The fourth-order valence-electron chi connectivity index (χ4n) is 1.66. The molecule has 2 aromatic rings. The lowest BCUT2D eigenvalue weighted by molar-refractivity contribution is -0.118. The number of aromatic nitrogens is 4. The molecule has 2 rings (SSSR count). The second kappa shape index (κ2) is 6.25. The van der Waals surface area contributed by atoms with E-state index in [0.717, 1.165) is 6.42 Å². The zero-order valence-electron chi connectivity index (χ0n) is 11.5. The number of hydrogen-bond acceptors (Lipinski definition) is 5. The average Bonchev–Trinajstić information content (AvgIpc) is 3.00. The zero-order chi connectivity index (χ0) is 14.5. The number of anilines is 1. The summed E-state index contributed by atoms with van der Waals surface area (Å²) in [6.45, 7) is 3.96. The number of nitrogens with one attached hydrogen (secondary N) is 1. The first-order valence-corrected chi connectivity index (χ1v) is 6.49. The smallest absolute Gasteiger partial charge is 0.241 e. The Labute approximate surface area is 117 Å². The van der Waals surface area contributed by atoms with Crippen molar-refractivity contribution in [1.29, 1.82) is 0 Å². The third-order valence-corrected chi connectivity index (χ3v) is 3.23. The van der Waals surface area contributed by atoms with E-state index in [9.17, 15) is 4.79 Å². The molecule has 0 bridgehead atoms. The molecule has 7 heteroatoms. The summed E-state index contributed by atoms with van der Waals surface area (Å²) in [6, 6.07) is 2.99. The molecule has 2 atom stereocenters. The Balaban J connectivity index is 2.02. The zero-order valence-corrected chi connectivity index (χ0v) is 11.5. The van der Waals surface area contributed by atoms with Gasteiger partial charge in [-0.15, -0.1) is 0 Å². The van der Waals surface area contributed by atoms with E-state index in [1.54, 1.807) is 24.7 Å². The van der Waals surface area contributed by atoms with Crippen LogP contribution in [0.2, 0.25) is 0 Å². The van der Waals surface area contributed by atoms with Crippen LogP contribution in [0, 0.1) is 5.92 Å². The van der Waals surface area contributed by atoms with Crippen molar-refractivity contribution in [3.8, 4) is 5.82 Å². The highest BCUT2D eigenvalue weighted by molar-refractivity contribution is 5.94. The summed E-state index contributed by atoms with van der Waals surface area (Å²) in [4.78, 5) is 20.0. The molecule has 0 aliphatic carbocycles. The number of rotatable bonds is 5. The molecule has 0 saturated heterocycles. The number of hydrogen-bond donors (Lipinski definition) is 2. The van der Waals surface area contributed by atoms with Gasteiger partial charge in [-0.1, -0.05) is 20.3 Å². The summed E-state index contributed by atoms with van der Waals surface area (Å²) in [5, 5.41) is 6.73. The van der Waals surface area contributed by atoms with E-state index >= 15 is 0 Å². The second-order valence-electron chi connectivity index (χ2n) is 4.65. The Morgan fingerprint density at radius 3 is 2.85 bits per heavy atom. The maximum atomic E-state index is 11.9. The summed E-state index contributed by atoms with van der Waals surface area (Å²) in [5.74, 6) is 0.568. The number of nitrogens with two attached hydrogens (primary N) is 1. The first-order chi connectivity index (χ1) is 9.61. The van der Waals surface area contributed by atoms with Crippen LogP contribution in [0.3, 0.4) is 0 Å². The molecule has 3 N–H and O–H groups in total. The topological polar surface area (TPSA) is 98.7 Å². The molecule has 0 spiro atoms. The molecule has 0 fully saturated rings. The van der Waals surface area contributed by atoms with Crippen molar-refractivity contribution in [2.45, 2.75) is 26.3 Å². The molecule has 106 valence electrons. The minimum absolute atomic E-state index is 0.136. The first-order valence-electron chi connectivity index (χ1n) is 6.49. The first kappa shape index (κ1) is 14.1. The van der Waals surface area contributed by atoms with Gasteiger partial charge in [-0.05, 0) is 18.1 Å². The highest BCUT2D eigenvalue weighted by Gasteiger charge is 2.19. The van der Waals surface area contributed by atoms with Crippen LogP contribution in [0.1, 0.15) is 20.3 Å². The van der Waals surface area contributed by atoms with Gasteiger partial charge in [-0.25, -0.2) is 14.6 Å². The SMILES string of the molecule is CCC(C)C(N)C(=O)Nc1ccc(-n2cncn2)nc1. The molecule has 7 nitrogen and oxygen atoms in total. The van der Waals surface area contributed by atoms with Gasteiger partial charge in [0.25, 0.3) is 0 Å². The fraction of sp³-hybridized carbons (Fsp3) is 0.385. The van der Waals surface area contributed by atoms with Crippen molar-refractivity contribution < 1.29 is 4.79 Å². The monoisotopic (exact) mass is 274 g/mol. The minimum Gasteiger partial charge on any atom is -0.323 e. The van der Waals surface area contributed by atoms with Crippen LogP contribution in [0.4, 0.5) is 5.69 Å². The molecule has 0 aliphatic rings. The number of pyridine rings is 1. The molecule has 0 saturated carbocycles. The number of nitrogens with zero attached hydrogens (tertiary/aromatic N) is 4. The molecule has 0 aromatic carbocycles.